The molecule has 58 heavy (non-hydrogen) atoms. The lowest BCUT2D eigenvalue weighted by molar-refractivity contribution is 0.0213. The van der Waals surface area contributed by atoms with Crippen LogP contribution in [0.4, 0.5) is 0 Å². The lowest BCUT2D eigenvalue weighted by atomic mass is 9.20. The monoisotopic (exact) mass is 806 g/mol. The zero-order valence-corrected chi connectivity index (χ0v) is 37.6. The summed E-state index contributed by atoms with van der Waals surface area (Å²) in [4.78, 5) is 8.08. The second kappa shape index (κ2) is 13.7. The summed E-state index contributed by atoms with van der Waals surface area (Å²) in [6.45, 7) is 13.8. The number of thioether (sulfide) groups is 2. The van der Waals surface area contributed by atoms with Gasteiger partial charge in [-0.25, -0.2) is 0 Å². The summed E-state index contributed by atoms with van der Waals surface area (Å²) in [7, 11) is 0. The first-order valence-electron chi connectivity index (χ1n) is 23.9. The fourth-order valence-electron chi connectivity index (χ4n) is 16.1. The maximum Gasteiger partial charge on any atom is 0.164 e. The highest BCUT2D eigenvalue weighted by molar-refractivity contribution is 8.04. The van der Waals surface area contributed by atoms with Crippen LogP contribution in [0, 0.1) is 22.7 Å². The van der Waals surface area contributed by atoms with E-state index in [-0.39, 0.29) is 11.0 Å². The minimum absolute atomic E-state index is 0.106. The highest BCUT2D eigenvalue weighted by Crippen LogP contribution is 2.74. The standard InChI is InChI=1S/C53H67BN2S2/c1-51(2,3)36-29-43-48-44(30-36)56-49-40(53(52(56,4)5)25-15-8-16-26-53)27-35(33-17-9-6-10-18-33)28-41(49)54(48)42-32-47(34-19-11-7-12-20-34)58-50(42)55(43)37-23-24-46-39(31-37)38-21-13-14-22-45(38)57-46/h6-7,9-11,13,17-19,21,24,29-31,35,37-38,40-43,45,47-50H,8,12,14-16,20,22-23,25-28,32H2,1-5H3. The van der Waals surface area contributed by atoms with Crippen LogP contribution >= 0.6 is 23.5 Å². The fourth-order valence-corrected chi connectivity index (χ4v) is 19.6. The van der Waals surface area contributed by atoms with E-state index >= 15 is 0 Å². The van der Waals surface area contributed by atoms with Crippen molar-refractivity contribution in [3.05, 3.63) is 118 Å². The molecule has 7 fully saturated rings. The summed E-state index contributed by atoms with van der Waals surface area (Å²) in [6.07, 6.45) is 41.2. The molecule has 1 spiro atoms. The fraction of sp³-hybridized carbons (Fsp3) is 0.623. The molecule has 2 saturated carbocycles. The van der Waals surface area contributed by atoms with Gasteiger partial charge in [0.2, 0.25) is 0 Å². The number of hydrogen-bond donors (Lipinski definition) is 0. The van der Waals surface area contributed by atoms with Gasteiger partial charge in [-0.05, 0) is 141 Å². The molecule has 11 aliphatic rings. The van der Waals surface area contributed by atoms with Gasteiger partial charge in [-0.1, -0.05) is 125 Å². The van der Waals surface area contributed by atoms with E-state index in [2.05, 4.69) is 153 Å². The molecule has 0 N–H and O–H groups in total. The number of nitrogens with zero attached hydrogens (tertiary/aromatic N) is 2. The maximum atomic E-state index is 3.25. The summed E-state index contributed by atoms with van der Waals surface area (Å²) in [5.41, 5.74) is 9.07. The third-order valence-corrected chi connectivity index (χ3v) is 21.7. The van der Waals surface area contributed by atoms with Crippen LogP contribution < -0.4 is 0 Å². The lowest BCUT2D eigenvalue weighted by Gasteiger charge is -2.64. The van der Waals surface area contributed by atoms with Gasteiger partial charge in [0.05, 0.1) is 5.37 Å². The first kappa shape index (κ1) is 37.7. The molecule has 0 bridgehead atoms. The summed E-state index contributed by atoms with van der Waals surface area (Å²) in [6, 6.07) is 13.5. The van der Waals surface area contributed by atoms with Crippen LogP contribution in [0.2, 0.25) is 17.5 Å². The van der Waals surface area contributed by atoms with E-state index < -0.39 is 0 Å². The largest absolute Gasteiger partial charge is 0.367 e. The van der Waals surface area contributed by atoms with Gasteiger partial charge in [-0.15, -0.1) is 23.5 Å². The Hall–Kier alpha value is -2.08. The number of hydrogen-bond acceptors (Lipinski definition) is 4. The molecular weight excluding hydrogens is 740 g/mol. The van der Waals surface area contributed by atoms with E-state index in [4.69, 9.17) is 0 Å². The lowest BCUT2D eigenvalue weighted by Crippen LogP contribution is -2.67. The zero-order valence-electron chi connectivity index (χ0n) is 36.0. The average Bonchev–Trinajstić information content (AvgIpc) is 3.90. The van der Waals surface area contributed by atoms with E-state index in [1.54, 1.807) is 32.9 Å². The molecule has 304 valence electrons. The molecule has 5 saturated heterocycles. The second-order valence-corrected chi connectivity index (χ2v) is 24.9. The van der Waals surface area contributed by atoms with Crippen molar-refractivity contribution < 1.29 is 0 Å². The summed E-state index contributed by atoms with van der Waals surface area (Å²) >= 11 is 4.64. The number of fused-ring (bicyclic) bond motifs is 8. The van der Waals surface area contributed by atoms with E-state index in [1.165, 1.54) is 83.5 Å². The topological polar surface area (TPSA) is 6.48 Å². The molecule has 2 nitrogen and oxygen atoms in total. The second-order valence-electron chi connectivity index (χ2n) is 22.3. The van der Waals surface area contributed by atoms with Gasteiger partial charge in [0.25, 0.3) is 0 Å². The highest BCUT2D eigenvalue weighted by Gasteiger charge is 2.73. The van der Waals surface area contributed by atoms with Crippen molar-refractivity contribution in [1.29, 1.82) is 0 Å². The summed E-state index contributed by atoms with van der Waals surface area (Å²) < 4.78 is 0. The Balaban J connectivity index is 1.05. The Bertz CT molecular complexity index is 2060. The van der Waals surface area contributed by atoms with Gasteiger partial charge in [0.15, 0.2) is 6.71 Å². The van der Waals surface area contributed by atoms with Gasteiger partial charge in [0, 0.05) is 50.7 Å². The van der Waals surface area contributed by atoms with Crippen LogP contribution in [0.5, 0.6) is 0 Å². The van der Waals surface area contributed by atoms with Crippen LogP contribution in [-0.2, 0) is 0 Å². The molecule has 1 aromatic carbocycles. The van der Waals surface area contributed by atoms with Crippen molar-refractivity contribution in [1.82, 2.24) is 9.80 Å². The summed E-state index contributed by atoms with van der Waals surface area (Å²) in [5.74, 6) is 4.06. The molecule has 0 radical (unpaired) electrons. The smallest absolute Gasteiger partial charge is 0.164 e. The van der Waals surface area contributed by atoms with Crippen LogP contribution in [0.1, 0.15) is 130 Å². The Morgan fingerprint density at radius 2 is 1.76 bits per heavy atom. The van der Waals surface area contributed by atoms with Crippen LogP contribution in [0.3, 0.4) is 0 Å². The third-order valence-electron chi connectivity index (χ3n) is 18.5. The Labute approximate surface area is 359 Å². The van der Waals surface area contributed by atoms with Crippen molar-refractivity contribution >= 4 is 30.2 Å². The molecular formula is C53H67BN2S2. The van der Waals surface area contributed by atoms with Gasteiger partial charge in [-0.2, -0.15) is 0 Å². The average molecular weight is 807 g/mol. The minimum Gasteiger partial charge on any atom is -0.367 e. The predicted octanol–water partition coefficient (Wildman–Crippen LogP) is 13.5. The molecule has 12 unspecified atom stereocenters. The maximum absolute atomic E-state index is 3.25. The Morgan fingerprint density at radius 1 is 0.914 bits per heavy atom. The van der Waals surface area contributed by atoms with E-state index in [0.717, 1.165) is 23.7 Å². The normalized spacial score (nSPS) is 41.7. The van der Waals surface area contributed by atoms with E-state index in [1.807, 2.05) is 0 Å². The first-order chi connectivity index (χ1) is 28.1. The number of benzene rings is 1. The third kappa shape index (κ3) is 5.42. The Morgan fingerprint density at radius 3 is 2.55 bits per heavy atom. The van der Waals surface area contributed by atoms with Gasteiger partial charge in [-0.3, -0.25) is 4.90 Å². The van der Waals surface area contributed by atoms with Crippen molar-refractivity contribution in [2.24, 2.45) is 22.7 Å². The molecule has 12 atom stereocenters. The molecule has 6 aliphatic carbocycles. The molecule has 5 aliphatic heterocycles. The molecule has 5 heterocycles. The molecule has 1 aromatic rings. The van der Waals surface area contributed by atoms with Crippen LogP contribution in [-0.4, -0.2) is 56.1 Å². The van der Waals surface area contributed by atoms with Crippen LogP contribution in [0.25, 0.3) is 0 Å². The van der Waals surface area contributed by atoms with Crippen LogP contribution in [0.15, 0.2) is 112 Å². The minimum atomic E-state index is 0.106. The van der Waals surface area contributed by atoms with Crippen molar-refractivity contribution in [3.8, 4) is 0 Å². The molecule has 12 rings (SSSR count). The molecule has 0 aromatic heterocycles. The van der Waals surface area contributed by atoms with E-state index in [9.17, 15) is 0 Å². The number of allylic oxidation sites excluding steroid dienone is 8. The quantitative estimate of drug-likeness (QED) is 0.222. The Kier molecular flexibility index (Phi) is 8.91. The molecule has 0 amide bonds. The van der Waals surface area contributed by atoms with E-state index in [0.29, 0.717) is 57.6 Å². The highest BCUT2D eigenvalue weighted by atomic mass is 32.2. The zero-order chi connectivity index (χ0) is 39.1. The van der Waals surface area contributed by atoms with Gasteiger partial charge < -0.3 is 4.90 Å². The molecule has 5 heteroatoms. The van der Waals surface area contributed by atoms with Crippen molar-refractivity contribution in [3.63, 3.8) is 0 Å². The number of rotatable bonds is 3. The van der Waals surface area contributed by atoms with Crippen molar-refractivity contribution in [2.75, 3.05) is 0 Å². The van der Waals surface area contributed by atoms with Crippen molar-refractivity contribution in [2.45, 2.75) is 181 Å². The van der Waals surface area contributed by atoms with Gasteiger partial charge in [0.1, 0.15) is 0 Å². The summed E-state index contributed by atoms with van der Waals surface area (Å²) in [5, 5.41) is 1.94. The SMILES string of the molecule is CC(C)(C)C1=CC2C3B(C4CC(C5=CC=CCC5)SC4N2C2C=C4C(=CC2)SC2CCC=CC42)C2CC(c4ccccc4)CC4C2N(C3=C1)C(C)(C)C41CCCCC1. The predicted molar refractivity (Wildman–Crippen MR) is 249 cm³/mol. The van der Waals surface area contributed by atoms with Gasteiger partial charge >= 0.3 is 0 Å². The first-order valence-corrected chi connectivity index (χ1v) is 25.8.